The van der Waals surface area contributed by atoms with E-state index in [1.165, 1.54) is 6.33 Å². The minimum atomic E-state index is 0.205. The van der Waals surface area contributed by atoms with E-state index in [1.54, 1.807) is 11.0 Å². The van der Waals surface area contributed by atoms with E-state index >= 15 is 0 Å². The topological polar surface area (TPSA) is 77.0 Å². The maximum atomic E-state index is 11.9. The van der Waals surface area contributed by atoms with E-state index in [0.29, 0.717) is 18.9 Å². The average Bonchev–Trinajstić information content (AvgIpc) is 2.89. The van der Waals surface area contributed by atoms with Gasteiger partial charge in [0.1, 0.15) is 12.7 Å². The molecule has 2 N–H and O–H groups in total. The van der Waals surface area contributed by atoms with Crippen molar-refractivity contribution in [2.75, 3.05) is 19.6 Å². The molecule has 6 heteroatoms. The number of carbonyl (C=O) groups is 1. The molecule has 1 saturated heterocycles. The van der Waals surface area contributed by atoms with Crippen LogP contribution >= 0.6 is 0 Å². The fraction of sp³-hybridized carbons (Fsp3) is 0.727. The van der Waals surface area contributed by atoms with Gasteiger partial charge in [-0.2, -0.15) is 5.10 Å². The Hall–Kier alpha value is -1.43. The fourth-order valence-corrected chi connectivity index (χ4v) is 2.13. The first-order valence-corrected chi connectivity index (χ1v) is 6.10. The van der Waals surface area contributed by atoms with Crippen molar-refractivity contribution in [1.29, 1.82) is 0 Å². The molecule has 1 aliphatic rings. The second-order valence-electron chi connectivity index (χ2n) is 4.47. The van der Waals surface area contributed by atoms with Crippen LogP contribution in [-0.4, -0.2) is 45.2 Å². The molecule has 2 rings (SSSR count). The zero-order chi connectivity index (χ0) is 12.1. The first-order valence-electron chi connectivity index (χ1n) is 6.10. The molecule has 1 aromatic rings. The van der Waals surface area contributed by atoms with E-state index in [4.69, 9.17) is 5.73 Å². The Kier molecular flexibility index (Phi) is 4.08. The number of carbonyl (C=O) groups excluding carboxylic acids is 1. The first-order chi connectivity index (χ1) is 8.29. The highest BCUT2D eigenvalue weighted by Gasteiger charge is 2.21. The van der Waals surface area contributed by atoms with Crippen LogP contribution in [0.3, 0.4) is 0 Å². The minimum Gasteiger partial charge on any atom is -0.343 e. The summed E-state index contributed by atoms with van der Waals surface area (Å²) in [5, 5.41) is 3.98. The second kappa shape index (κ2) is 5.77. The molecule has 1 aliphatic heterocycles. The molecular formula is C11H19N5O. The van der Waals surface area contributed by atoms with E-state index in [0.717, 1.165) is 32.5 Å². The molecule has 0 bridgehead atoms. The number of piperidine rings is 1. The predicted octanol–water partition coefficient (Wildman–Crippen LogP) is -0.135. The summed E-state index contributed by atoms with van der Waals surface area (Å²) >= 11 is 0. The Bertz CT molecular complexity index is 343. The van der Waals surface area contributed by atoms with Crippen LogP contribution < -0.4 is 5.73 Å². The summed E-state index contributed by atoms with van der Waals surface area (Å²) in [6.45, 7) is 3.03. The van der Waals surface area contributed by atoms with Crippen LogP contribution in [0, 0.1) is 5.92 Å². The van der Waals surface area contributed by atoms with Crippen molar-refractivity contribution < 1.29 is 4.79 Å². The van der Waals surface area contributed by atoms with Gasteiger partial charge in [0.2, 0.25) is 5.91 Å². The summed E-state index contributed by atoms with van der Waals surface area (Å²) in [4.78, 5) is 17.7. The predicted molar refractivity (Wildman–Crippen MR) is 63.0 cm³/mol. The number of amides is 1. The molecule has 0 atom stereocenters. The standard InChI is InChI=1S/C11H19N5O/c12-7-10-1-4-15(5-2-10)11(17)3-6-16-9-13-8-14-16/h8-10H,1-7,12H2. The fourth-order valence-electron chi connectivity index (χ4n) is 2.13. The number of hydrogen-bond donors (Lipinski definition) is 1. The van der Waals surface area contributed by atoms with E-state index in [-0.39, 0.29) is 5.91 Å². The van der Waals surface area contributed by atoms with Crippen molar-refractivity contribution in [3.05, 3.63) is 12.7 Å². The number of rotatable bonds is 4. The Balaban J connectivity index is 1.73. The monoisotopic (exact) mass is 237 g/mol. The molecule has 1 fully saturated rings. The quantitative estimate of drug-likeness (QED) is 0.791. The molecule has 0 saturated carbocycles. The molecule has 0 aromatic carbocycles. The zero-order valence-corrected chi connectivity index (χ0v) is 9.96. The van der Waals surface area contributed by atoms with Crippen LogP contribution in [0.4, 0.5) is 0 Å². The lowest BCUT2D eigenvalue weighted by molar-refractivity contribution is -0.132. The van der Waals surface area contributed by atoms with Crippen LogP contribution in [0.1, 0.15) is 19.3 Å². The van der Waals surface area contributed by atoms with Crippen molar-refractivity contribution in [3.63, 3.8) is 0 Å². The van der Waals surface area contributed by atoms with Gasteiger partial charge in [-0.1, -0.05) is 0 Å². The van der Waals surface area contributed by atoms with Gasteiger partial charge >= 0.3 is 0 Å². The summed E-state index contributed by atoms with van der Waals surface area (Å²) in [5.41, 5.74) is 5.63. The van der Waals surface area contributed by atoms with Crippen LogP contribution in [0.5, 0.6) is 0 Å². The summed E-state index contributed by atoms with van der Waals surface area (Å²) < 4.78 is 1.69. The van der Waals surface area contributed by atoms with Crippen LogP contribution in [0.25, 0.3) is 0 Å². The first kappa shape index (κ1) is 12.0. The van der Waals surface area contributed by atoms with E-state index in [9.17, 15) is 4.79 Å². The summed E-state index contributed by atoms with van der Waals surface area (Å²) in [6.07, 6.45) is 5.68. The van der Waals surface area contributed by atoms with Crippen LogP contribution in [0.2, 0.25) is 0 Å². The molecule has 1 amide bonds. The summed E-state index contributed by atoms with van der Waals surface area (Å²) in [5.74, 6) is 0.797. The maximum Gasteiger partial charge on any atom is 0.224 e. The molecule has 94 valence electrons. The molecule has 17 heavy (non-hydrogen) atoms. The number of aromatic nitrogens is 3. The smallest absolute Gasteiger partial charge is 0.224 e. The summed E-state index contributed by atoms with van der Waals surface area (Å²) in [6, 6.07) is 0. The third-order valence-corrected chi connectivity index (χ3v) is 3.32. The lowest BCUT2D eigenvalue weighted by Crippen LogP contribution is -2.40. The molecule has 0 radical (unpaired) electrons. The summed E-state index contributed by atoms with van der Waals surface area (Å²) in [7, 11) is 0. The van der Waals surface area contributed by atoms with Gasteiger partial charge in [-0.3, -0.25) is 9.48 Å². The van der Waals surface area contributed by atoms with Gasteiger partial charge in [0.05, 0.1) is 6.54 Å². The Labute approximate surface area is 101 Å². The average molecular weight is 237 g/mol. The Morgan fingerprint density at radius 1 is 1.41 bits per heavy atom. The highest BCUT2D eigenvalue weighted by molar-refractivity contribution is 5.76. The number of likely N-dealkylation sites (tertiary alicyclic amines) is 1. The van der Waals surface area contributed by atoms with Crippen molar-refractivity contribution >= 4 is 5.91 Å². The molecular weight excluding hydrogens is 218 g/mol. The van der Waals surface area contributed by atoms with Crippen molar-refractivity contribution in [3.8, 4) is 0 Å². The van der Waals surface area contributed by atoms with Gasteiger partial charge in [-0.05, 0) is 25.3 Å². The van der Waals surface area contributed by atoms with Crippen molar-refractivity contribution in [2.24, 2.45) is 11.7 Å². The molecule has 0 unspecified atom stereocenters. The molecule has 0 spiro atoms. The largest absolute Gasteiger partial charge is 0.343 e. The third-order valence-electron chi connectivity index (χ3n) is 3.32. The van der Waals surface area contributed by atoms with Gasteiger partial charge in [0, 0.05) is 19.5 Å². The maximum absolute atomic E-state index is 11.9. The molecule has 6 nitrogen and oxygen atoms in total. The van der Waals surface area contributed by atoms with Gasteiger partial charge in [-0.15, -0.1) is 0 Å². The number of nitrogens with two attached hydrogens (primary N) is 1. The number of hydrogen-bond acceptors (Lipinski definition) is 4. The molecule has 0 aliphatic carbocycles. The van der Waals surface area contributed by atoms with E-state index in [2.05, 4.69) is 10.1 Å². The Morgan fingerprint density at radius 3 is 2.76 bits per heavy atom. The zero-order valence-electron chi connectivity index (χ0n) is 9.96. The van der Waals surface area contributed by atoms with Crippen LogP contribution in [0.15, 0.2) is 12.7 Å². The van der Waals surface area contributed by atoms with E-state index in [1.807, 2.05) is 4.90 Å². The van der Waals surface area contributed by atoms with Gasteiger partial charge < -0.3 is 10.6 Å². The highest BCUT2D eigenvalue weighted by atomic mass is 16.2. The lowest BCUT2D eigenvalue weighted by Gasteiger charge is -2.31. The third kappa shape index (κ3) is 3.26. The number of aryl methyl sites for hydroxylation is 1. The number of nitrogens with zero attached hydrogens (tertiary/aromatic N) is 4. The highest BCUT2D eigenvalue weighted by Crippen LogP contribution is 2.16. The van der Waals surface area contributed by atoms with Crippen LogP contribution in [-0.2, 0) is 11.3 Å². The normalized spacial score (nSPS) is 17.4. The SMILES string of the molecule is NCC1CCN(C(=O)CCn2cncn2)CC1. The van der Waals surface area contributed by atoms with Gasteiger partial charge in [0.15, 0.2) is 0 Å². The minimum absolute atomic E-state index is 0.205. The van der Waals surface area contributed by atoms with Gasteiger partial charge in [0.25, 0.3) is 0 Å². The van der Waals surface area contributed by atoms with Crippen molar-refractivity contribution in [1.82, 2.24) is 19.7 Å². The van der Waals surface area contributed by atoms with E-state index < -0.39 is 0 Å². The molecule has 2 heterocycles. The van der Waals surface area contributed by atoms with Gasteiger partial charge in [-0.25, -0.2) is 4.98 Å². The lowest BCUT2D eigenvalue weighted by atomic mass is 9.97. The Morgan fingerprint density at radius 2 is 2.18 bits per heavy atom. The second-order valence-corrected chi connectivity index (χ2v) is 4.47. The molecule has 1 aromatic heterocycles. The van der Waals surface area contributed by atoms with Crippen molar-refractivity contribution in [2.45, 2.75) is 25.8 Å².